The molecule has 8 nitrogen and oxygen atoms in total. The second-order valence-electron chi connectivity index (χ2n) is 9.36. The first-order chi connectivity index (χ1) is 18.2. The summed E-state index contributed by atoms with van der Waals surface area (Å²) in [4.78, 5) is 19.8. The Morgan fingerprint density at radius 1 is 0.946 bits per heavy atom. The van der Waals surface area contributed by atoms with Crippen LogP contribution in [0.1, 0.15) is 17.7 Å². The van der Waals surface area contributed by atoms with Crippen LogP contribution in [0.2, 0.25) is 0 Å². The molecule has 3 N–H and O–H groups in total. The van der Waals surface area contributed by atoms with Crippen molar-refractivity contribution in [2.24, 2.45) is 0 Å². The van der Waals surface area contributed by atoms with Crippen LogP contribution in [0.4, 0.5) is 0 Å². The lowest BCUT2D eigenvalue weighted by atomic mass is 10.0. The maximum absolute atomic E-state index is 6.22. The first kappa shape index (κ1) is 22.1. The summed E-state index contributed by atoms with van der Waals surface area (Å²) >= 11 is 1.72. The molecule has 1 saturated heterocycles. The second-order valence-corrected chi connectivity index (χ2v) is 10.6. The van der Waals surface area contributed by atoms with E-state index in [-0.39, 0.29) is 6.10 Å². The highest BCUT2D eigenvalue weighted by Crippen LogP contribution is 2.34. The predicted molar refractivity (Wildman–Crippen MR) is 147 cm³/mol. The van der Waals surface area contributed by atoms with Crippen LogP contribution >= 0.6 is 11.3 Å². The lowest BCUT2D eigenvalue weighted by Crippen LogP contribution is -2.34. The molecule has 7 rings (SSSR count). The summed E-state index contributed by atoms with van der Waals surface area (Å²) in [5.41, 5.74) is 6.44. The molecule has 0 bridgehead atoms. The van der Waals surface area contributed by atoms with Gasteiger partial charge in [0, 0.05) is 28.2 Å². The molecule has 0 spiro atoms. The van der Waals surface area contributed by atoms with Gasteiger partial charge in [-0.05, 0) is 74.8 Å². The molecule has 0 unspecified atom stereocenters. The van der Waals surface area contributed by atoms with Gasteiger partial charge in [0.1, 0.15) is 28.8 Å². The molecule has 1 aliphatic rings. The number of rotatable bonds is 5. The Balaban J connectivity index is 1.26. The van der Waals surface area contributed by atoms with Gasteiger partial charge in [0.05, 0.1) is 22.1 Å². The number of H-pyrrole nitrogens is 2. The summed E-state index contributed by atoms with van der Waals surface area (Å²) in [6.07, 6.45) is 7.74. The fourth-order valence-corrected chi connectivity index (χ4v) is 5.78. The van der Waals surface area contributed by atoms with E-state index < -0.39 is 0 Å². The Labute approximate surface area is 217 Å². The molecule has 0 amide bonds. The predicted octanol–water partition coefficient (Wildman–Crippen LogP) is 5.73. The quantitative estimate of drug-likeness (QED) is 0.275. The average molecular weight is 508 g/mol. The number of aromatic nitrogens is 6. The number of piperidine rings is 1. The third-order valence-electron chi connectivity index (χ3n) is 6.80. The van der Waals surface area contributed by atoms with E-state index in [2.05, 4.69) is 67.7 Å². The van der Waals surface area contributed by atoms with Crippen LogP contribution in [-0.2, 0) is 0 Å². The van der Waals surface area contributed by atoms with Crippen molar-refractivity contribution in [1.29, 1.82) is 0 Å². The Hall–Kier alpha value is -4.08. The topological polar surface area (TPSA) is 104 Å². The number of benzene rings is 1. The molecule has 5 aromatic heterocycles. The Morgan fingerprint density at radius 2 is 1.86 bits per heavy atom. The van der Waals surface area contributed by atoms with Gasteiger partial charge in [-0.3, -0.25) is 15.1 Å². The first-order valence-corrected chi connectivity index (χ1v) is 13.3. The van der Waals surface area contributed by atoms with Crippen LogP contribution in [0.25, 0.3) is 55.2 Å². The average Bonchev–Trinajstić information content (AvgIpc) is 3.66. The summed E-state index contributed by atoms with van der Waals surface area (Å²) in [6, 6.07) is 14.5. The Kier molecular flexibility index (Phi) is 5.44. The van der Waals surface area contributed by atoms with Crippen LogP contribution in [0.5, 0.6) is 5.75 Å². The first-order valence-electron chi connectivity index (χ1n) is 12.4. The van der Waals surface area contributed by atoms with Crippen LogP contribution in [0, 0.1) is 6.92 Å². The highest BCUT2D eigenvalue weighted by molar-refractivity contribution is 7.15. The smallest absolute Gasteiger partial charge is 0.159 e. The van der Waals surface area contributed by atoms with Gasteiger partial charge in [-0.1, -0.05) is 6.07 Å². The van der Waals surface area contributed by atoms with E-state index in [1.54, 1.807) is 17.5 Å². The third-order valence-corrected chi connectivity index (χ3v) is 7.80. The lowest BCUT2D eigenvalue weighted by Gasteiger charge is -2.23. The molecule has 6 aromatic rings. The molecule has 1 aromatic carbocycles. The van der Waals surface area contributed by atoms with Crippen molar-refractivity contribution in [1.82, 2.24) is 35.5 Å². The van der Waals surface area contributed by atoms with Gasteiger partial charge in [0.25, 0.3) is 0 Å². The summed E-state index contributed by atoms with van der Waals surface area (Å²) in [6.45, 7) is 4.08. The molecule has 0 saturated carbocycles. The largest absolute Gasteiger partial charge is 0.489 e. The number of fused-ring (bicyclic) bond motifs is 2. The van der Waals surface area contributed by atoms with Crippen LogP contribution in [0.3, 0.4) is 0 Å². The zero-order valence-electron chi connectivity index (χ0n) is 20.3. The number of imidazole rings is 1. The van der Waals surface area contributed by atoms with E-state index in [4.69, 9.17) is 9.72 Å². The zero-order valence-corrected chi connectivity index (χ0v) is 21.1. The summed E-state index contributed by atoms with van der Waals surface area (Å²) in [5, 5.41) is 12.1. The SMILES string of the molecule is Cc1ccc(-c2nccc3[nH]c(-c4n[nH]c5ccc(-c6cncc(OC7CCNCC7)c6)cc45)nc23)s1. The van der Waals surface area contributed by atoms with Gasteiger partial charge in [-0.15, -0.1) is 11.3 Å². The van der Waals surface area contributed by atoms with E-state index in [0.717, 1.165) is 81.0 Å². The highest BCUT2D eigenvalue weighted by Gasteiger charge is 2.18. The van der Waals surface area contributed by atoms with Crippen molar-refractivity contribution in [3.05, 3.63) is 65.9 Å². The van der Waals surface area contributed by atoms with Gasteiger partial charge in [-0.25, -0.2) is 4.98 Å². The summed E-state index contributed by atoms with van der Waals surface area (Å²) < 4.78 is 6.22. The van der Waals surface area contributed by atoms with E-state index in [0.29, 0.717) is 5.82 Å². The van der Waals surface area contributed by atoms with Crippen LogP contribution in [0.15, 0.2) is 61.1 Å². The number of pyridine rings is 2. The van der Waals surface area contributed by atoms with Crippen molar-refractivity contribution in [3.8, 4) is 39.0 Å². The minimum atomic E-state index is 0.229. The van der Waals surface area contributed by atoms with Gasteiger partial charge < -0.3 is 15.0 Å². The van der Waals surface area contributed by atoms with E-state index in [9.17, 15) is 0 Å². The number of aryl methyl sites for hydroxylation is 1. The molecule has 0 radical (unpaired) electrons. The minimum absolute atomic E-state index is 0.229. The van der Waals surface area contributed by atoms with Crippen molar-refractivity contribution in [2.75, 3.05) is 13.1 Å². The van der Waals surface area contributed by atoms with Crippen LogP contribution in [-0.4, -0.2) is 49.3 Å². The number of thiophene rings is 1. The fourth-order valence-electron chi connectivity index (χ4n) is 4.91. The fraction of sp³-hybridized carbons (Fsp3) is 0.214. The molecule has 9 heteroatoms. The number of hydrogen-bond acceptors (Lipinski definition) is 7. The van der Waals surface area contributed by atoms with Crippen molar-refractivity contribution < 1.29 is 4.74 Å². The molecule has 0 aliphatic carbocycles. The molecular formula is C28H25N7OS. The van der Waals surface area contributed by atoms with E-state index in [1.165, 1.54) is 4.88 Å². The van der Waals surface area contributed by atoms with Crippen molar-refractivity contribution in [3.63, 3.8) is 0 Å². The number of aromatic amines is 2. The Morgan fingerprint density at radius 3 is 2.73 bits per heavy atom. The molecular weight excluding hydrogens is 482 g/mol. The standard InChI is InChI=1S/C28H25N7OS/c1-16-2-5-24(37-16)27-26-23(8-11-31-27)32-28(33-26)25-21-13-17(3-4-22(21)34-35-25)18-12-20(15-30-14-18)36-19-6-9-29-10-7-19/h2-5,8,11-15,19,29H,6-7,9-10H2,1H3,(H,32,33)(H,34,35). The van der Waals surface area contributed by atoms with Gasteiger partial charge in [-0.2, -0.15) is 5.10 Å². The number of nitrogens with zero attached hydrogens (tertiary/aromatic N) is 4. The van der Waals surface area contributed by atoms with Crippen LogP contribution < -0.4 is 10.1 Å². The van der Waals surface area contributed by atoms with Gasteiger partial charge in [0.15, 0.2) is 5.82 Å². The maximum atomic E-state index is 6.22. The van der Waals surface area contributed by atoms with Gasteiger partial charge >= 0.3 is 0 Å². The lowest BCUT2D eigenvalue weighted by molar-refractivity contribution is 0.162. The normalized spacial score (nSPS) is 14.5. The molecule has 1 fully saturated rings. The summed E-state index contributed by atoms with van der Waals surface area (Å²) in [5.74, 6) is 1.51. The zero-order chi connectivity index (χ0) is 24.8. The molecule has 37 heavy (non-hydrogen) atoms. The maximum Gasteiger partial charge on any atom is 0.159 e. The molecule has 6 heterocycles. The Bertz CT molecular complexity index is 1730. The highest BCUT2D eigenvalue weighted by atomic mass is 32.1. The minimum Gasteiger partial charge on any atom is -0.489 e. The number of ether oxygens (including phenoxy) is 1. The second kappa shape index (κ2) is 9.10. The summed E-state index contributed by atoms with van der Waals surface area (Å²) in [7, 11) is 0. The van der Waals surface area contributed by atoms with E-state index in [1.807, 2.05) is 24.5 Å². The molecule has 184 valence electrons. The van der Waals surface area contributed by atoms with Crippen molar-refractivity contribution in [2.45, 2.75) is 25.9 Å². The third kappa shape index (κ3) is 4.16. The molecule has 0 atom stereocenters. The number of hydrogen-bond donors (Lipinski definition) is 3. The van der Waals surface area contributed by atoms with Gasteiger partial charge in [0.2, 0.25) is 0 Å². The monoisotopic (exact) mass is 507 g/mol. The van der Waals surface area contributed by atoms with Crippen molar-refractivity contribution >= 4 is 33.3 Å². The number of nitrogens with one attached hydrogen (secondary N) is 3. The van der Waals surface area contributed by atoms with E-state index >= 15 is 0 Å². The molecule has 1 aliphatic heterocycles.